The van der Waals surface area contributed by atoms with E-state index in [2.05, 4.69) is 10.1 Å². The summed E-state index contributed by atoms with van der Waals surface area (Å²) >= 11 is 0. The van der Waals surface area contributed by atoms with E-state index in [1.54, 1.807) is 12.1 Å². The van der Waals surface area contributed by atoms with Gasteiger partial charge in [0, 0.05) is 13.2 Å². The maximum Gasteiger partial charge on any atom is 0.387 e. The molecule has 1 rings (SSSR count). The van der Waals surface area contributed by atoms with Crippen LogP contribution in [0, 0.1) is 0 Å². The van der Waals surface area contributed by atoms with Crippen molar-refractivity contribution in [1.29, 1.82) is 0 Å². The highest BCUT2D eigenvalue weighted by molar-refractivity contribution is 5.42. The summed E-state index contributed by atoms with van der Waals surface area (Å²) in [5.74, 6) is 0.295. The topological polar surface area (TPSA) is 50.7 Å². The van der Waals surface area contributed by atoms with Gasteiger partial charge < -0.3 is 19.9 Å². The summed E-state index contributed by atoms with van der Waals surface area (Å²) in [5.41, 5.74) is 0.895. The standard InChI is InChI=1S/C12H17F2NO3/c1-17-11-7-9(8-15-5-2-6-16)3-4-10(11)18-12(13)14/h3-4,7,12,15-16H,2,5-6,8H2,1H3. The van der Waals surface area contributed by atoms with E-state index in [1.165, 1.54) is 13.2 Å². The molecule has 0 aromatic heterocycles. The smallest absolute Gasteiger partial charge is 0.387 e. The Bertz CT molecular complexity index is 361. The third-order valence-electron chi connectivity index (χ3n) is 2.28. The molecule has 0 spiro atoms. The van der Waals surface area contributed by atoms with Gasteiger partial charge in [-0.15, -0.1) is 0 Å². The molecule has 0 aliphatic carbocycles. The Kier molecular flexibility index (Phi) is 6.38. The lowest BCUT2D eigenvalue weighted by atomic mass is 10.2. The van der Waals surface area contributed by atoms with E-state index in [-0.39, 0.29) is 18.1 Å². The molecule has 1 aromatic rings. The Hall–Kier alpha value is -1.40. The molecular weight excluding hydrogens is 244 g/mol. The monoisotopic (exact) mass is 261 g/mol. The third-order valence-corrected chi connectivity index (χ3v) is 2.28. The highest BCUT2D eigenvalue weighted by atomic mass is 19.3. The Morgan fingerprint density at radius 2 is 2.11 bits per heavy atom. The number of methoxy groups -OCH3 is 1. The van der Waals surface area contributed by atoms with Crippen molar-refractivity contribution in [3.05, 3.63) is 23.8 Å². The van der Waals surface area contributed by atoms with Gasteiger partial charge in [-0.05, 0) is 30.7 Å². The molecule has 2 N–H and O–H groups in total. The number of rotatable bonds is 8. The molecule has 0 atom stereocenters. The number of alkyl halides is 2. The normalized spacial score (nSPS) is 10.7. The van der Waals surface area contributed by atoms with Crippen molar-refractivity contribution in [3.63, 3.8) is 0 Å². The fourth-order valence-electron chi connectivity index (χ4n) is 1.45. The van der Waals surface area contributed by atoms with Gasteiger partial charge in [0.15, 0.2) is 11.5 Å². The van der Waals surface area contributed by atoms with Crippen LogP contribution in [-0.2, 0) is 6.54 Å². The van der Waals surface area contributed by atoms with Gasteiger partial charge >= 0.3 is 6.61 Å². The van der Waals surface area contributed by atoms with Gasteiger partial charge in [-0.3, -0.25) is 0 Å². The maximum atomic E-state index is 12.1. The first kappa shape index (κ1) is 14.7. The van der Waals surface area contributed by atoms with Gasteiger partial charge in [-0.1, -0.05) is 6.07 Å². The van der Waals surface area contributed by atoms with Crippen LogP contribution in [0.5, 0.6) is 11.5 Å². The van der Waals surface area contributed by atoms with Gasteiger partial charge in [0.2, 0.25) is 0 Å². The first-order chi connectivity index (χ1) is 8.67. The zero-order chi connectivity index (χ0) is 13.4. The molecule has 0 fully saturated rings. The molecule has 0 amide bonds. The van der Waals surface area contributed by atoms with Crippen LogP contribution in [0.2, 0.25) is 0 Å². The van der Waals surface area contributed by atoms with E-state index < -0.39 is 6.61 Å². The summed E-state index contributed by atoms with van der Waals surface area (Å²) in [7, 11) is 1.40. The van der Waals surface area contributed by atoms with Crippen molar-refractivity contribution < 1.29 is 23.4 Å². The summed E-state index contributed by atoms with van der Waals surface area (Å²) in [6, 6.07) is 4.78. The molecule has 6 heteroatoms. The Balaban J connectivity index is 2.60. The van der Waals surface area contributed by atoms with E-state index in [4.69, 9.17) is 9.84 Å². The molecule has 102 valence electrons. The lowest BCUT2D eigenvalue weighted by molar-refractivity contribution is -0.0512. The molecule has 18 heavy (non-hydrogen) atoms. The van der Waals surface area contributed by atoms with Crippen LogP contribution in [0.15, 0.2) is 18.2 Å². The quantitative estimate of drug-likeness (QED) is 0.700. The number of benzene rings is 1. The van der Waals surface area contributed by atoms with Crippen LogP contribution in [0.3, 0.4) is 0 Å². The van der Waals surface area contributed by atoms with Crippen molar-refractivity contribution in [2.24, 2.45) is 0 Å². The van der Waals surface area contributed by atoms with E-state index in [1.807, 2.05) is 0 Å². The predicted octanol–water partition coefficient (Wildman–Crippen LogP) is 1.77. The number of aliphatic hydroxyl groups is 1. The van der Waals surface area contributed by atoms with Crippen LogP contribution in [0.25, 0.3) is 0 Å². The molecular formula is C12H17F2NO3. The van der Waals surface area contributed by atoms with Crippen LogP contribution < -0.4 is 14.8 Å². The molecule has 0 unspecified atom stereocenters. The van der Waals surface area contributed by atoms with Crippen molar-refractivity contribution in [2.75, 3.05) is 20.3 Å². The van der Waals surface area contributed by atoms with Crippen LogP contribution in [-0.4, -0.2) is 32.0 Å². The minimum atomic E-state index is -2.87. The fourth-order valence-corrected chi connectivity index (χ4v) is 1.45. The van der Waals surface area contributed by atoms with Crippen LogP contribution >= 0.6 is 0 Å². The molecule has 4 nitrogen and oxygen atoms in total. The minimum absolute atomic E-state index is 0.0200. The SMILES string of the molecule is COc1cc(CNCCCO)ccc1OC(F)F. The summed E-state index contributed by atoms with van der Waals surface area (Å²) in [4.78, 5) is 0. The predicted molar refractivity (Wildman–Crippen MR) is 63.0 cm³/mol. The van der Waals surface area contributed by atoms with Gasteiger partial charge in [0.1, 0.15) is 0 Å². The molecule has 0 bridgehead atoms. The molecule has 0 saturated carbocycles. The van der Waals surface area contributed by atoms with E-state index in [0.717, 1.165) is 5.56 Å². The van der Waals surface area contributed by atoms with E-state index in [0.29, 0.717) is 19.5 Å². The Morgan fingerprint density at radius 1 is 1.33 bits per heavy atom. The lowest BCUT2D eigenvalue weighted by Crippen LogP contribution is -2.15. The van der Waals surface area contributed by atoms with Gasteiger partial charge in [0.05, 0.1) is 7.11 Å². The van der Waals surface area contributed by atoms with E-state index in [9.17, 15) is 8.78 Å². The fraction of sp³-hybridized carbons (Fsp3) is 0.500. The first-order valence-corrected chi connectivity index (χ1v) is 5.60. The largest absolute Gasteiger partial charge is 0.493 e. The van der Waals surface area contributed by atoms with Crippen molar-refractivity contribution >= 4 is 0 Å². The van der Waals surface area contributed by atoms with Crippen molar-refractivity contribution in [2.45, 2.75) is 19.6 Å². The Morgan fingerprint density at radius 3 is 2.72 bits per heavy atom. The van der Waals surface area contributed by atoms with Crippen LogP contribution in [0.4, 0.5) is 8.78 Å². The second-order valence-electron chi connectivity index (χ2n) is 3.62. The maximum absolute atomic E-state index is 12.1. The summed E-state index contributed by atoms with van der Waals surface area (Å²) in [6.07, 6.45) is 0.670. The number of nitrogens with one attached hydrogen (secondary N) is 1. The summed E-state index contributed by atoms with van der Waals surface area (Å²) < 4.78 is 33.5. The van der Waals surface area contributed by atoms with Gasteiger partial charge in [-0.25, -0.2) is 0 Å². The van der Waals surface area contributed by atoms with Gasteiger partial charge in [-0.2, -0.15) is 8.78 Å². The molecule has 1 aromatic carbocycles. The zero-order valence-electron chi connectivity index (χ0n) is 10.2. The third kappa shape index (κ3) is 4.85. The number of halogens is 2. The molecule has 0 aliphatic rings. The zero-order valence-corrected chi connectivity index (χ0v) is 10.2. The van der Waals surface area contributed by atoms with Crippen molar-refractivity contribution in [3.8, 4) is 11.5 Å². The van der Waals surface area contributed by atoms with Crippen LogP contribution in [0.1, 0.15) is 12.0 Å². The molecule has 0 saturated heterocycles. The number of ether oxygens (including phenoxy) is 2. The highest BCUT2D eigenvalue weighted by Gasteiger charge is 2.10. The second kappa shape index (κ2) is 7.84. The minimum Gasteiger partial charge on any atom is -0.493 e. The molecule has 0 aliphatic heterocycles. The van der Waals surface area contributed by atoms with Gasteiger partial charge in [0.25, 0.3) is 0 Å². The average molecular weight is 261 g/mol. The first-order valence-electron chi connectivity index (χ1n) is 5.60. The average Bonchev–Trinajstić information content (AvgIpc) is 2.35. The second-order valence-corrected chi connectivity index (χ2v) is 3.62. The Labute approximate surface area is 105 Å². The van der Waals surface area contributed by atoms with E-state index >= 15 is 0 Å². The summed E-state index contributed by atoms with van der Waals surface area (Å²) in [6.45, 7) is -1.47. The number of hydrogen-bond acceptors (Lipinski definition) is 4. The highest BCUT2D eigenvalue weighted by Crippen LogP contribution is 2.29. The van der Waals surface area contributed by atoms with Crippen molar-refractivity contribution in [1.82, 2.24) is 5.32 Å². The number of hydrogen-bond donors (Lipinski definition) is 2. The molecule has 0 heterocycles. The molecule has 0 radical (unpaired) electrons. The summed E-state index contributed by atoms with van der Waals surface area (Å²) in [5, 5.41) is 11.7. The number of aliphatic hydroxyl groups excluding tert-OH is 1. The lowest BCUT2D eigenvalue weighted by Gasteiger charge is -2.11.